The quantitative estimate of drug-likeness (QED) is 0.811. The summed E-state index contributed by atoms with van der Waals surface area (Å²) in [7, 11) is 0. The van der Waals surface area contributed by atoms with Crippen LogP contribution in [0.15, 0.2) is 12.3 Å². The Labute approximate surface area is 137 Å². The number of nitrogens with one attached hydrogen (secondary N) is 2. The Morgan fingerprint density at radius 1 is 1.42 bits per heavy atom. The van der Waals surface area contributed by atoms with Crippen molar-refractivity contribution in [2.45, 2.75) is 32.2 Å². The lowest BCUT2D eigenvalue weighted by molar-refractivity contribution is -0.141. The smallest absolute Gasteiger partial charge is 0.375 e. The van der Waals surface area contributed by atoms with Gasteiger partial charge in [0.05, 0.1) is 18.8 Å². The van der Waals surface area contributed by atoms with Gasteiger partial charge in [-0.05, 0) is 19.9 Å². The molecular weight excluding hydrogens is 327 g/mol. The molecule has 1 fully saturated rings. The number of rotatable bonds is 4. The van der Waals surface area contributed by atoms with Crippen LogP contribution < -0.4 is 10.6 Å². The summed E-state index contributed by atoms with van der Waals surface area (Å²) in [5, 5.41) is 5.36. The number of aromatic nitrogens is 2. The maximum atomic E-state index is 12.5. The molecule has 0 aromatic carbocycles. The number of morpholine rings is 1. The molecule has 2 amide bonds. The number of carbonyl (C=O) groups excluding carboxylic acids is 1. The van der Waals surface area contributed by atoms with Crippen molar-refractivity contribution in [3.63, 3.8) is 0 Å². The Morgan fingerprint density at radius 3 is 2.88 bits per heavy atom. The van der Waals surface area contributed by atoms with Gasteiger partial charge >= 0.3 is 12.2 Å². The predicted octanol–water partition coefficient (Wildman–Crippen LogP) is 1.73. The first-order valence-electron chi connectivity index (χ1n) is 7.57. The fourth-order valence-corrected chi connectivity index (χ4v) is 2.23. The largest absolute Gasteiger partial charge is 0.433 e. The first-order valence-corrected chi connectivity index (χ1v) is 7.57. The molecule has 10 heteroatoms. The fourth-order valence-electron chi connectivity index (χ4n) is 2.23. The molecular formula is C14H20F3N5O2. The van der Waals surface area contributed by atoms with Gasteiger partial charge in [-0.25, -0.2) is 14.8 Å². The topological polar surface area (TPSA) is 79.4 Å². The number of ether oxygens (including phenoxy) is 1. The van der Waals surface area contributed by atoms with E-state index >= 15 is 0 Å². The molecule has 0 unspecified atom stereocenters. The van der Waals surface area contributed by atoms with Crippen molar-refractivity contribution in [3.8, 4) is 0 Å². The molecule has 1 aliphatic rings. The van der Waals surface area contributed by atoms with E-state index in [1.165, 1.54) is 0 Å². The van der Waals surface area contributed by atoms with E-state index in [2.05, 4.69) is 20.6 Å². The Bertz CT molecular complexity index is 570. The van der Waals surface area contributed by atoms with Crippen molar-refractivity contribution in [1.82, 2.24) is 20.2 Å². The van der Waals surface area contributed by atoms with Gasteiger partial charge in [0.2, 0.25) is 5.95 Å². The van der Waals surface area contributed by atoms with E-state index < -0.39 is 11.9 Å². The molecule has 0 bridgehead atoms. The molecule has 24 heavy (non-hydrogen) atoms. The lowest BCUT2D eigenvalue weighted by Gasteiger charge is -2.36. The van der Waals surface area contributed by atoms with E-state index in [0.717, 1.165) is 12.3 Å². The lowest BCUT2D eigenvalue weighted by atomic mass is 10.2. The summed E-state index contributed by atoms with van der Waals surface area (Å²) in [4.78, 5) is 20.9. The van der Waals surface area contributed by atoms with Crippen LogP contribution in [0.2, 0.25) is 0 Å². The van der Waals surface area contributed by atoms with Crippen LogP contribution in [0.5, 0.6) is 0 Å². The van der Waals surface area contributed by atoms with Crippen molar-refractivity contribution >= 4 is 12.0 Å². The van der Waals surface area contributed by atoms with Crippen LogP contribution in [-0.2, 0) is 10.9 Å². The van der Waals surface area contributed by atoms with Gasteiger partial charge in [0, 0.05) is 25.8 Å². The molecule has 7 nitrogen and oxygen atoms in total. The lowest BCUT2D eigenvalue weighted by Crippen LogP contribution is -2.54. The van der Waals surface area contributed by atoms with Crippen molar-refractivity contribution < 1.29 is 22.7 Å². The molecule has 1 aromatic heterocycles. The van der Waals surface area contributed by atoms with Crippen LogP contribution in [0.4, 0.5) is 23.9 Å². The molecule has 2 heterocycles. The molecule has 0 radical (unpaired) electrons. The summed E-state index contributed by atoms with van der Waals surface area (Å²) in [6, 6.07) is 0.541. The Balaban J connectivity index is 1.77. The zero-order chi connectivity index (χ0) is 17.7. The van der Waals surface area contributed by atoms with E-state index in [9.17, 15) is 18.0 Å². The summed E-state index contributed by atoms with van der Waals surface area (Å²) in [5.74, 6) is -0.132. The monoisotopic (exact) mass is 347 g/mol. The number of hydrogen-bond acceptors (Lipinski definition) is 5. The molecule has 0 aliphatic carbocycles. The second kappa shape index (κ2) is 7.65. The van der Waals surface area contributed by atoms with Gasteiger partial charge < -0.3 is 20.3 Å². The number of nitrogens with zero attached hydrogens (tertiary/aromatic N) is 3. The van der Waals surface area contributed by atoms with E-state index in [-0.39, 0.29) is 37.2 Å². The third kappa shape index (κ3) is 4.95. The normalized spacial score (nSPS) is 21.5. The molecule has 2 N–H and O–H groups in total. The molecule has 1 aromatic rings. The summed E-state index contributed by atoms with van der Waals surface area (Å²) in [6.45, 7) is 5.19. The molecule has 1 saturated heterocycles. The summed E-state index contributed by atoms with van der Waals surface area (Å²) >= 11 is 0. The minimum Gasteiger partial charge on any atom is -0.375 e. The SMILES string of the molecule is C[C@@H]1CO[C@@H](C)CN1C(=O)NCCNc1nccc(C(F)(F)F)n1. The number of carbonyl (C=O) groups is 1. The van der Waals surface area contributed by atoms with E-state index in [1.807, 2.05) is 13.8 Å². The molecule has 2 atom stereocenters. The van der Waals surface area contributed by atoms with Gasteiger partial charge in [0.25, 0.3) is 0 Å². The second-order valence-corrected chi connectivity index (χ2v) is 5.57. The summed E-state index contributed by atoms with van der Waals surface area (Å²) < 4.78 is 43.1. The first kappa shape index (κ1) is 18.2. The highest BCUT2D eigenvalue weighted by Crippen LogP contribution is 2.27. The van der Waals surface area contributed by atoms with Crippen molar-refractivity contribution in [2.75, 3.05) is 31.6 Å². The molecule has 0 spiro atoms. The van der Waals surface area contributed by atoms with Crippen LogP contribution in [-0.4, -0.2) is 59.3 Å². The minimum absolute atomic E-state index is 0.0245. The number of urea groups is 1. The van der Waals surface area contributed by atoms with Gasteiger partial charge in [0.1, 0.15) is 5.69 Å². The van der Waals surface area contributed by atoms with Gasteiger partial charge in [-0.2, -0.15) is 13.2 Å². The van der Waals surface area contributed by atoms with Crippen LogP contribution in [0.1, 0.15) is 19.5 Å². The summed E-state index contributed by atoms with van der Waals surface area (Å²) in [6.07, 6.45) is -3.51. The molecule has 134 valence electrons. The van der Waals surface area contributed by atoms with Crippen LogP contribution in [0.25, 0.3) is 0 Å². The maximum Gasteiger partial charge on any atom is 0.433 e. The fraction of sp³-hybridized carbons (Fsp3) is 0.643. The van der Waals surface area contributed by atoms with Crippen molar-refractivity contribution in [3.05, 3.63) is 18.0 Å². The number of amides is 2. The highest BCUT2D eigenvalue weighted by atomic mass is 19.4. The Morgan fingerprint density at radius 2 is 2.17 bits per heavy atom. The third-order valence-electron chi connectivity index (χ3n) is 3.50. The molecule has 0 saturated carbocycles. The zero-order valence-electron chi connectivity index (χ0n) is 13.4. The second-order valence-electron chi connectivity index (χ2n) is 5.57. The standard InChI is InChI=1S/C14H20F3N5O2/c1-9-8-24-10(2)7-22(9)13(23)20-6-5-19-12-18-4-3-11(21-12)14(15,16)17/h3-4,9-10H,5-8H2,1-2H3,(H,20,23)(H,18,19,21)/t9-,10+/m1/s1. The third-order valence-corrected chi connectivity index (χ3v) is 3.50. The van der Waals surface area contributed by atoms with Gasteiger partial charge in [-0.1, -0.05) is 0 Å². The minimum atomic E-state index is -4.52. The Hall–Kier alpha value is -2.10. The van der Waals surface area contributed by atoms with Crippen LogP contribution >= 0.6 is 0 Å². The molecule has 2 rings (SSSR count). The maximum absolute atomic E-state index is 12.5. The Kier molecular flexibility index (Phi) is 5.81. The first-order chi connectivity index (χ1) is 11.3. The average molecular weight is 347 g/mol. The zero-order valence-corrected chi connectivity index (χ0v) is 13.4. The van der Waals surface area contributed by atoms with Gasteiger partial charge in [0.15, 0.2) is 0 Å². The van der Waals surface area contributed by atoms with E-state index in [0.29, 0.717) is 13.2 Å². The number of alkyl halides is 3. The average Bonchev–Trinajstić information content (AvgIpc) is 2.53. The summed E-state index contributed by atoms with van der Waals surface area (Å²) in [5.41, 5.74) is -1.01. The van der Waals surface area contributed by atoms with Gasteiger partial charge in [-0.15, -0.1) is 0 Å². The van der Waals surface area contributed by atoms with E-state index in [4.69, 9.17) is 4.74 Å². The number of anilines is 1. The van der Waals surface area contributed by atoms with Crippen molar-refractivity contribution in [2.24, 2.45) is 0 Å². The van der Waals surface area contributed by atoms with Crippen molar-refractivity contribution in [1.29, 1.82) is 0 Å². The van der Waals surface area contributed by atoms with Crippen LogP contribution in [0.3, 0.4) is 0 Å². The molecule has 1 aliphatic heterocycles. The highest BCUT2D eigenvalue weighted by Gasteiger charge is 2.32. The number of hydrogen-bond donors (Lipinski definition) is 2. The number of halogens is 3. The highest BCUT2D eigenvalue weighted by molar-refractivity contribution is 5.74. The van der Waals surface area contributed by atoms with Crippen LogP contribution in [0, 0.1) is 0 Å². The van der Waals surface area contributed by atoms with Gasteiger partial charge in [-0.3, -0.25) is 0 Å². The van der Waals surface area contributed by atoms with E-state index in [1.54, 1.807) is 4.90 Å². The predicted molar refractivity (Wildman–Crippen MR) is 80.5 cm³/mol.